The highest BCUT2D eigenvalue weighted by molar-refractivity contribution is 7.80. The molecule has 1 aliphatic rings. The van der Waals surface area contributed by atoms with Crippen LogP contribution in [0.1, 0.15) is 187 Å². The number of amides is 1. The molecule has 0 aromatic heterocycles. The predicted molar refractivity (Wildman–Crippen MR) is 223 cm³/mol. The number of quaternary nitrogens is 1. The highest BCUT2D eigenvalue weighted by Crippen LogP contribution is 2.26. The average molecular weight is 841 g/mol. The van der Waals surface area contributed by atoms with E-state index in [9.17, 15) is 43.3 Å². The second kappa shape index (κ2) is 35.5. The molecule has 1 aliphatic heterocycles. The molecule has 0 aromatic carbocycles. The molecule has 0 radical (unpaired) electrons. The summed E-state index contributed by atoms with van der Waals surface area (Å²) in [4.78, 5) is 13.1. The lowest BCUT2D eigenvalue weighted by atomic mass is 9.99. The van der Waals surface area contributed by atoms with E-state index in [0.29, 0.717) is 12.8 Å². The van der Waals surface area contributed by atoms with Crippen molar-refractivity contribution in [1.29, 1.82) is 0 Å². The third-order valence-electron chi connectivity index (χ3n) is 10.7. The minimum atomic E-state index is -5.36. The Bertz CT molecular complexity index is 1090. The zero-order valence-corrected chi connectivity index (χ0v) is 36.6. The van der Waals surface area contributed by atoms with Gasteiger partial charge >= 0.3 is 0 Å². The third-order valence-corrected chi connectivity index (χ3v) is 11.1. The van der Waals surface area contributed by atoms with E-state index in [0.717, 1.165) is 38.5 Å². The summed E-state index contributed by atoms with van der Waals surface area (Å²) in [5.74, 6) is -0.710. The molecule has 1 fully saturated rings. The summed E-state index contributed by atoms with van der Waals surface area (Å²) in [6, 6.07) is -1.13. The van der Waals surface area contributed by atoms with Crippen LogP contribution in [0, 0.1) is 0 Å². The highest BCUT2D eigenvalue weighted by atomic mass is 32.3. The number of carbonyl (C=O) groups is 1. The van der Waals surface area contributed by atoms with Gasteiger partial charge in [0.05, 0.1) is 25.4 Å². The summed E-state index contributed by atoms with van der Waals surface area (Å²) in [5.41, 5.74) is 0. The maximum atomic E-state index is 13.1. The van der Waals surface area contributed by atoms with Crippen molar-refractivity contribution in [3.05, 3.63) is 12.2 Å². The van der Waals surface area contributed by atoms with Gasteiger partial charge in [-0.2, -0.15) is 0 Å². The SMILES string of the molecule is CCCCCCCCCCCCC/C=C/[C@@H](O)[C@H](CO[C@@H]1O[C@H](CO)[C@H](O)C(OS(=O)(=O)[O-])C1O)NC(=O)[C@@H](O)CCCCCCCCCCCCCCCC.[NH4+]. The van der Waals surface area contributed by atoms with Gasteiger partial charge in [-0.15, -0.1) is 0 Å². The first kappa shape index (κ1) is 55.8. The highest BCUT2D eigenvalue weighted by Gasteiger charge is 2.47. The van der Waals surface area contributed by atoms with E-state index < -0.39 is 78.5 Å². The number of allylic oxidation sites excluding steroid dienone is 1. The first-order valence-corrected chi connectivity index (χ1v) is 23.5. The fraction of sp³-hybridized carbons (Fsp3) is 0.929. The van der Waals surface area contributed by atoms with Gasteiger partial charge in [0.25, 0.3) is 0 Å². The molecular weight excluding hydrogens is 757 g/mol. The zero-order chi connectivity index (χ0) is 41.4. The maximum Gasteiger partial charge on any atom is 0.249 e. The normalized spacial score (nSPS) is 21.6. The van der Waals surface area contributed by atoms with Gasteiger partial charge in [-0.25, -0.2) is 8.42 Å². The van der Waals surface area contributed by atoms with Gasteiger partial charge in [-0.3, -0.25) is 8.98 Å². The number of carbonyl (C=O) groups excluding carboxylic acids is 1. The van der Waals surface area contributed by atoms with Gasteiger partial charge < -0.3 is 51.0 Å². The zero-order valence-electron chi connectivity index (χ0n) is 35.8. The van der Waals surface area contributed by atoms with Crippen LogP contribution in [0.5, 0.6) is 0 Å². The molecule has 14 nitrogen and oxygen atoms in total. The van der Waals surface area contributed by atoms with Crippen LogP contribution in [0.3, 0.4) is 0 Å². The van der Waals surface area contributed by atoms with Crippen LogP contribution in [0.15, 0.2) is 12.2 Å². The predicted octanol–water partition coefficient (Wildman–Crippen LogP) is 7.00. The second-order valence-electron chi connectivity index (χ2n) is 15.8. The summed E-state index contributed by atoms with van der Waals surface area (Å²) in [5, 5.41) is 55.0. The molecule has 2 unspecified atom stereocenters. The molecule has 0 spiro atoms. The number of rotatable bonds is 37. The molecule has 1 amide bonds. The Balaban J connectivity index is 0.0000314. The molecule has 1 rings (SSSR count). The lowest BCUT2D eigenvalue weighted by Crippen LogP contribution is -2.61. The van der Waals surface area contributed by atoms with Crippen molar-refractivity contribution in [2.24, 2.45) is 0 Å². The number of aliphatic hydroxyl groups excluding tert-OH is 5. The molecule has 15 heteroatoms. The minimum Gasteiger partial charge on any atom is -0.726 e. The van der Waals surface area contributed by atoms with Gasteiger partial charge in [0, 0.05) is 0 Å². The topological polar surface area (TPSA) is 252 Å². The van der Waals surface area contributed by atoms with E-state index in [2.05, 4.69) is 23.3 Å². The summed E-state index contributed by atoms with van der Waals surface area (Å²) in [6.07, 6.45) is 22.6. The molecular formula is C42H84N2O12S. The minimum absolute atomic E-state index is 0. The summed E-state index contributed by atoms with van der Waals surface area (Å²) >= 11 is 0. The molecule has 0 saturated carbocycles. The van der Waals surface area contributed by atoms with Crippen molar-refractivity contribution in [3.8, 4) is 0 Å². The summed E-state index contributed by atoms with van der Waals surface area (Å²) < 4.78 is 49.1. The van der Waals surface area contributed by atoms with Crippen molar-refractivity contribution in [2.75, 3.05) is 13.2 Å². The maximum absolute atomic E-state index is 13.1. The molecule has 0 bridgehead atoms. The van der Waals surface area contributed by atoms with Crippen molar-refractivity contribution in [1.82, 2.24) is 11.5 Å². The molecule has 57 heavy (non-hydrogen) atoms. The van der Waals surface area contributed by atoms with Gasteiger partial charge in [0.15, 0.2) is 6.29 Å². The Morgan fingerprint density at radius 1 is 0.737 bits per heavy atom. The molecule has 10 N–H and O–H groups in total. The van der Waals surface area contributed by atoms with Crippen LogP contribution < -0.4 is 11.5 Å². The van der Waals surface area contributed by atoms with Crippen LogP contribution in [0.4, 0.5) is 0 Å². The second-order valence-corrected chi connectivity index (χ2v) is 16.8. The van der Waals surface area contributed by atoms with Crippen molar-refractivity contribution < 1.29 is 57.0 Å². The van der Waals surface area contributed by atoms with Crippen LogP contribution >= 0.6 is 0 Å². The Morgan fingerprint density at radius 3 is 1.61 bits per heavy atom. The van der Waals surface area contributed by atoms with E-state index in [1.165, 1.54) is 122 Å². The van der Waals surface area contributed by atoms with Crippen LogP contribution in [0.2, 0.25) is 0 Å². The Hall–Kier alpha value is -1.24. The first-order chi connectivity index (χ1) is 26.9. The summed E-state index contributed by atoms with van der Waals surface area (Å²) in [6.45, 7) is 3.16. The number of hydrogen-bond donors (Lipinski definition) is 7. The first-order valence-electron chi connectivity index (χ1n) is 22.2. The van der Waals surface area contributed by atoms with Crippen LogP contribution in [-0.4, -0.2) is 107 Å². The van der Waals surface area contributed by atoms with Gasteiger partial charge in [-0.1, -0.05) is 180 Å². The van der Waals surface area contributed by atoms with Crippen molar-refractivity contribution in [2.45, 2.75) is 236 Å². The summed E-state index contributed by atoms with van der Waals surface area (Å²) in [7, 11) is -5.36. The lowest BCUT2D eigenvalue weighted by Gasteiger charge is -2.42. The van der Waals surface area contributed by atoms with E-state index in [-0.39, 0.29) is 12.6 Å². The van der Waals surface area contributed by atoms with E-state index in [1.54, 1.807) is 0 Å². The smallest absolute Gasteiger partial charge is 0.249 e. The molecule has 0 aromatic rings. The fourth-order valence-corrected chi connectivity index (χ4v) is 7.60. The van der Waals surface area contributed by atoms with Crippen molar-refractivity contribution in [3.63, 3.8) is 0 Å². The quantitative estimate of drug-likeness (QED) is 0.0145. The number of hydrogen-bond acceptors (Lipinski definition) is 12. The Morgan fingerprint density at radius 2 is 1.18 bits per heavy atom. The standard InChI is InChI=1S/C42H81NO12S.H3N/c1-3-5-7-9-11-13-15-17-19-21-23-25-27-29-31-36(46)41(49)43-34(35(45)30-28-26-24-22-20-18-16-14-12-10-8-6-4-2)33-53-42-39(48)40(55-56(50,51)52)38(47)37(32-44)54-42;/h28,30,34-40,42,44-48H,3-27,29,31-33H2,1-2H3,(H,43,49)(H,50,51,52);1H3/b30-28+;/t34-,35+,36-,37+,38-,39?,40?,42+;/m0./s1. The Kier molecular flexibility index (Phi) is 34.7. The monoisotopic (exact) mass is 841 g/mol. The van der Waals surface area contributed by atoms with E-state index in [4.69, 9.17) is 9.47 Å². The number of unbranched alkanes of at least 4 members (excludes halogenated alkanes) is 24. The van der Waals surface area contributed by atoms with Gasteiger partial charge in [0.1, 0.15) is 30.5 Å². The number of nitrogens with one attached hydrogen (secondary N) is 1. The Labute approximate surface area is 345 Å². The van der Waals surface area contributed by atoms with Crippen molar-refractivity contribution >= 4 is 16.3 Å². The number of aliphatic hydroxyl groups is 5. The molecule has 340 valence electrons. The van der Waals surface area contributed by atoms with E-state index >= 15 is 0 Å². The third kappa shape index (κ3) is 28.0. The van der Waals surface area contributed by atoms with E-state index in [1.807, 2.05) is 6.08 Å². The molecule has 0 aliphatic carbocycles. The van der Waals surface area contributed by atoms with Crippen LogP contribution in [0.25, 0.3) is 0 Å². The molecule has 1 saturated heterocycles. The van der Waals surface area contributed by atoms with Crippen LogP contribution in [-0.2, 0) is 28.9 Å². The largest absolute Gasteiger partial charge is 0.726 e. The molecule has 8 atom stereocenters. The fourth-order valence-electron chi connectivity index (χ4n) is 7.10. The van der Waals surface area contributed by atoms with Gasteiger partial charge in [0.2, 0.25) is 16.3 Å². The van der Waals surface area contributed by atoms with Gasteiger partial charge in [-0.05, 0) is 19.3 Å². The lowest BCUT2D eigenvalue weighted by molar-refractivity contribution is -0.298. The average Bonchev–Trinajstić information content (AvgIpc) is 3.16. The molecule has 1 heterocycles. The number of ether oxygens (including phenoxy) is 2.